The quantitative estimate of drug-likeness (QED) is 0.238. The first kappa shape index (κ1) is 23.6. The van der Waals surface area contributed by atoms with Crippen LogP contribution in [0.3, 0.4) is 0 Å². The van der Waals surface area contributed by atoms with Crippen LogP contribution in [0.2, 0.25) is 0 Å². The lowest BCUT2D eigenvalue weighted by Gasteiger charge is -2.14. The molecule has 1 heterocycles. The van der Waals surface area contributed by atoms with Gasteiger partial charge in [-0.1, -0.05) is 18.9 Å². The molecule has 1 aromatic carbocycles. The van der Waals surface area contributed by atoms with Crippen molar-refractivity contribution >= 4 is 29.9 Å². The zero-order valence-corrected chi connectivity index (χ0v) is 18.8. The van der Waals surface area contributed by atoms with Gasteiger partial charge in [-0.2, -0.15) is 0 Å². The molecular formula is C19H27IN6O2. The summed E-state index contributed by atoms with van der Waals surface area (Å²) in [6.07, 6.45) is 7.86. The van der Waals surface area contributed by atoms with Crippen molar-refractivity contribution in [1.29, 1.82) is 0 Å². The summed E-state index contributed by atoms with van der Waals surface area (Å²) in [7, 11) is 3.34. The molecule has 28 heavy (non-hydrogen) atoms. The number of aryl methyl sites for hydroxylation is 1. The van der Waals surface area contributed by atoms with E-state index in [9.17, 15) is 0 Å². The van der Waals surface area contributed by atoms with E-state index in [0.717, 1.165) is 24.4 Å². The molecule has 2 aromatic rings. The minimum Gasteiger partial charge on any atom is -0.493 e. The highest BCUT2D eigenvalue weighted by Crippen LogP contribution is 2.27. The molecule has 2 N–H and O–H groups in total. The Labute approximate surface area is 183 Å². The number of ether oxygens (including phenoxy) is 2. The minimum atomic E-state index is 0. The van der Waals surface area contributed by atoms with Crippen LogP contribution in [-0.4, -0.2) is 48.0 Å². The van der Waals surface area contributed by atoms with Crippen molar-refractivity contribution in [1.82, 2.24) is 25.4 Å². The smallest absolute Gasteiger partial charge is 0.191 e. The van der Waals surface area contributed by atoms with Crippen LogP contribution in [0.4, 0.5) is 0 Å². The van der Waals surface area contributed by atoms with Crippen LogP contribution in [0.5, 0.6) is 11.5 Å². The fraction of sp³-hybridized carbons (Fsp3) is 0.421. The maximum Gasteiger partial charge on any atom is 0.191 e. The number of benzene rings is 1. The Morgan fingerprint density at radius 3 is 2.82 bits per heavy atom. The highest BCUT2D eigenvalue weighted by Gasteiger charge is 2.07. The van der Waals surface area contributed by atoms with Gasteiger partial charge < -0.3 is 24.7 Å². The number of halogens is 1. The molecule has 0 atom stereocenters. The van der Waals surface area contributed by atoms with E-state index < -0.39 is 0 Å². The second-order valence-corrected chi connectivity index (χ2v) is 5.62. The number of guanidine groups is 1. The Morgan fingerprint density at radius 2 is 2.14 bits per heavy atom. The van der Waals surface area contributed by atoms with Crippen molar-refractivity contribution in [3.05, 3.63) is 35.9 Å². The van der Waals surface area contributed by atoms with Crippen molar-refractivity contribution in [2.45, 2.75) is 26.4 Å². The Kier molecular flexibility index (Phi) is 10.8. The molecule has 0 fully saturated rings. The Hall–Kier alpha value is -2.48. The fourth-order valence-corrected chi connectivity index (χ4v) is 2.50. The average Bonchev–Trinajstić information content (AvgIpc) is 3.16. The van der Waals surface area contributed by atoms with E-state index >= 15 is 0 Å². The highest BCUT2D eigenvalue weighted by molar-refractivity contribution is 14.0. The Bertz CT molecular complexity index is 800. The van der Waals surface area contributed by atoms with Crippen LogP contribution < -0.4 is 20.1 Å². The number of hydrogen-bond acceptors (Lipinski definition) is 5. The second kappa shape index (κ2) is 12.8. The lowest BCUT2D eigenvalue weighted by Crippen LogP contribution is -2.38. The number of rotatable bonds is 9. The molecule has 0 aliphatic heterocycles. The van der Waals surface area contributed by atoms with Crippen molar-refractivity contribution < 1.29 is 9.47 Å². The molecule has 0 aliphatic carbocycles. The predicted molar refractivity (Wildman–Crippen MR) is 120 cm³/mol. The number of terminal acetylenes is 1. The normalized spacial score (nSPS) is 10.6. The summed E-state index contributed by atoms with van der Waals surface area (Å²) in [6.45, 7) is 4.32. The summed E-state index contributed by atoms with van der Waals surface area (Å²) in [4.78, 5) is 4.24. The molecule has 0 unspecified atom stereocenters. The van der Waals surface area contributed by atoms with Crippen LogP contribution in [0.15, 0.2) is 29.5 Å². The minimum absolute atomic E-state index is 0. The lowest BCUT2D eigenvalue weighted by atomic mass is 10.2. The first-order valence-electron chi connectivity index (χ1n) is 8.76. The summed E-state index contributed by atoms with van der Waals surface area (Å²) < 4.78 is 12.8. The molecule has 0 radical (unpaired) electrons. The highest BCUT2D eigenvalue weighted by atomic mass is 127. The number of nitrogens with one attached hydrogen (secondary N) is 2. The third kappa shape index (κ3) is 6.92. The number of aliphatic imine (C=N–C) groups is 1. The first-order chi connectivity index (χ1) is 13.2. The van der Waals surface area contributed by atoms with E-state index in [1.165, 1.54) is 0 Å². The average molecular weight is 498 g/mol. The van der Waals surface area contributed by atoms with Gasteiger partial charge >= 0.3 is 0 Å². The topological polar surface area (TPSA) is 85.6 Å². The third-order valence-corrected chi connectivity index (χ3v) is 3.88. The largest absolute Gasteiger partial charge is 0.493 e. The van der Waals surface area contributed by atoms with E-state index in [2.05, 4.69) is 38.7 Å². The SMILES string of the molecule is C#CCOc1cc(CNC(=NC)NCCn2cnnc2CC)ccc1OC.I. The summed E-state index contributed by atoms with van der Waals surface area (Å²) in [6, 6.07) is 5.73. The van der Waals surface area contributed by atoms with E-state index in [-0.39, 0.29) is 30.6 Å². The van der Waals surface area contributed by atoms with Gasteiger partial charge in [-0.15, -0.1) is 40.6 Å². The molecular weight excluding hydrogens is 471 g/mol. The van der Waals surface area contributed by atoms with Crippen LogP contribution in [0.25, 0.3) is 0 Å². The summed E-state index contributed by atoms with van der Waals surface area (Å²) in [5.41, 5.74) is 1.03. The van der Waals surface area contributed by atoms with Gasteiger partial charge in [0.2, 0.25) is 0 Å². The maximum atomic E-state index is 5.53. The molecule has 1 aromatic heterocycles. The monoisotopic (exact) mass is 498 g/mol. The van der Waals surface area contributed by atoms with Crippen LogP contribution >= 0.6 is 24.0 Å². The van der Waals surface area contributed by atoms with Gasteiger partial charge in [0, 0.05) is 33.1 Å². The van der Waals surface area contributed by atoms with Crippen LogP contribution in [0.1, 0.15) is 18.3 Å². The van der Waals surface area contributed by atoms with Gasteiger partial charge in [-0.25, -0.2) is 0 Å². The molecule has 9 heteroatoms. The van der Waals surface area contributed by atoms with Crippen LogP contribution in [0, 0.1) is 12.3 Å². The Balaban J connectivity index is 0.00000392. The Morgan fingerprint density at radius 1 is 1.32 bits per heavy atom. The zero-order chi connectivity index (χ0) is 19.5. The molecule has 0 spiro atoms. The number of hydrogen-bond donors (Lipinski definition) is 2. The summed E-state index contributed by atoms with van der Waals surface area (Å²) >= 11 is 0. The van der Waals surface area contributed by atoms with Crippen LogP contribution in [-0.2, 0) is 19.5 Å². The molecule has 0 amide bonds. The third-order valence-electron chi connectivity index (χ3n) is 3.88. The standard InChI is InChI=1S/C19H26N6O2.HI/c1-5-11-27-17-12-15(7-8-16(17)26-4)13-22-19(20-3)21-9-10-25-14-23-24-18(25)6-2;/h1,7-8,12,14H,6,9-11,13H2,2-4H3,(H2,20,21,22);1H. The van der Waals surface area contributed by atoms with Gasteiger partial charge in [0.15, 0.2) is 17.5 Å². The van der Waals surface area contributed by atoms with Gasteiger partial charge in [-0.05, 0) is 17.7 Å². The molecule has 0 bridgehead atoms. The maximum absolute atomic E-state index is 5.53. The molecule has 2 rings (SSSR count). The van der Waals surface area contributed by atoms with Gasteiger partial charge in [0.25, 0.3) is 0 Å². The van der Waals surface area contributed by atoms with Crippen molar-refractivity contribution in [2.75, 3.05) is 27.3 Å². The summed E-state index contributed by atoms with van der Waals surface area (Å²) in [5.74, 6) is 5.41. The molecule has 0 saturated carbocycles. The van der Waals surface area contributed by atoms with Crippen molar-refractivity contribution in [2.24, 2.45) is 4.99 Å². The van der Waals surface area contributed by atoms with E-state index in [4.69, 9.17) is 15.9 Å². The van der Waals surface area contributed by atoms with E-state index in [1.54, 1.807) is 20.5 Å². The first-order valence-corrected chi connectivity index (χ1v) is 8.76. The van der Waals surface area contributed by atoms with Gasteiger partial charge in [0.05, 0.1) is 7.11 Å². The lowest BCUT2D eigenvalue weighted by molar-refractivity contribution is 0.330. The van der Waals surface area contributed by atoms with Crippen molar-refractivity contribution in [3.8, 4) is 23.8 Å². The molecule has 152 valence electrons. The number of methoxy groups -OCH3 is 1. The second-order valence-electron chi connectivity index (χ2n) is 5.62. The molecule has 8 nitrogen and oxygen atoms in total. The van der Waals surface area contributed by atoms with E-state index in [1.807, 2.05) is 22.8 Å². The van der Waals surface area contributed by atoms with E-state index in [0.29, 0.717) is 30.5 Å². The zero-order valence-electron chi connectivity index (χ0n) is 16.4. The number of nitrogens with zero attached hydrogens (tertiary/aromatic N) is 4. The predicted octanol–water partition coefficient (Wildman–Crippen LogP) is 1.84. The van der Waals surface area contributed by atoms with Gasteiger partial charge in [0.1, 0.15) is 18.8 Å². The molecule has 0 aliphatic rings. The van der Waals surface area contributed by atoms with Gasteiger partial charge in [-0.3, -0.25) is 4.99 Å². The van der Waals surface area contributed by atoms with Crippen molar-refractivity contribution in [3.63, 3.8) is 0 Å². The number of aromatic nitrogens is 3. The fourth-order valence-electron chi connectivity index (χ4n) is 2.50. The summed E-state index contributed by atoms with van der Waals surface area (Å²) in [5, 5.41) is 14.6. The molecule has 0 saturated heterocycles.